The number of nitrogens with zero attached hydrogens (tertiary/aromatic N) is 3. The highest BCUT2D eigenvalue weighted by Gasteiger charge is 2.09. The SMILES string of the molecule is CCNCc1c(C)nn(CCC#N)c1C. The molecule has 1 aromatic heterocycles. The van der Waals surface area contributed by atoms with Gasteiger partial charge in [0.2, 0.25) is 0 Å². The van der Waals surface area contributed by atoms with Crippen LogP contribution >= 0.6 is 0 Å². The van der Waals surface area contributed by atoms with Crippen LogP contribution in [0.1, 0.15) is 30.3 Å². The van der Waals surface area contributed by atoms with Gasteiger partial charge in [0.05, 0.1) is 24.7 Å². The smallest absolute Gasteiger partial charge is 0.0641 e. The molecule has 0 aliphatic rings. The van der Waals surface area contributed by atoms with Crippen molar-refractivity contribution in [3.05, 3.63) is 17.0 Å². The molecular weight excluding hydrogens is 188 g/mol. The molecule has 0 aliphatic heterocycles. The van der Waals surface area contributed by atoms with Gasteiger partial charge in [-0.2, -0.15) is 10.4 Å². The van der Waals surface area contributed by atoms with Gasteiger partial charge in [-0.15, -0.1) is 0 Å². The van der Waals surface area contributed by atoms with Crippen molar-refractivity contribution in [1.29, 1.82) is 5.26 Å². The molecular formula is C11H18N4. The Bertz CT molecular complexity index is 359. The third-order valence-electron chi connectivity index (χ3n) is 2.52. The van der Waals surface area contributed by atoms with Crippen LogP contribution in [0.25, 0.3) is 0 Å². The minimum absolute atomic E-state index is 0.516. The molecule has 0 saturated carbocycles. The summed E-state index contributed by atoms with van der Waals surface area (Å²) in [5, 5.41) is 16.3. The summed E-state index contributed by atoms with van der Waals surface area (Å²) >= 11 is 0. The van der Waals surface area contributed by atoms with Crippen LogP contribution in [0, 0.1) is 25.2 Å². The quantitative estimate of drug-likeness (QED) is 0.794. The molecule has 0 bridgehead atoms. The fraction of sp³-hybridized carbons (Fsp3) is 0.636. The minimum Gasteiger partial charge on any atom is -0.313 e. The van der Waals surface area contributed by atoms with Crippen LogP contribution in [0.15, 0.2) is 0 Å². The zero-order valence-electron chi connectivity index (χ0n) is 9.67. The Morgan fingerprint density at radius 3 is 2.80 bits per heavy atom. The average Bonchev–Trinajstić information content (AvgIpc) is 2.49. The maximum absolute atomic E-state index is 8.53. The lowest BCUT2D eigenvalue weighted by atomic mass is 10.2. The summed E-state index contributed by atoms with van der Waals surface area (Å²) in [4.78, 5) is 0. The molecule has 4 nitrogen and oxygen atoms in total. The highest BCUT2D eigenvalue weighted by Crippen LogP contribution is 2.12. The second-order valence-corrected chi connectivity index (χ2v) is 3.56. The summed E-state index contributed by atoms with van der Waals surface area (Å²) in [5.41, 5.74) is 3.49. The normalized spacial score (nSPS) is 10.3. The van der Waals surface area contributed by atoms with Crippen LogP contribution in [0.3, 0.4) is 0 Å². The van der Waals surface area contributed by atoms with Crippen LogP contribution in [0.2, 0.25) is 0 Å². The lowest BCUT2D eigenvalue weighted by Crippen LogP contribution is -2.13. The number of nitrogens with one attached hydrogen (secondary N) is 1. The lowest BCUT2D eigenvalue weighted by Gasteiger charge is -2.03. The topological polar surface area (TPSA) is 53.6 Å². The summed E-state index contributed by atoms with van der Waals surface area (Å²) in [5.74, 6) is 0. The maximum atomic E-state index is 8.53. The molecule has 0 aromatic carbocycles. The Labute approximate surface area is 90.9 Å². The van der Waals surface area contributed by atoms with E-state index in [1.807, 2.05) is 11.6 Å². The van der Waals surface area contributed by atoms with E-state index in [4.69, 9.17) is 5.26 Å². The summed E-state index contributed by atoms with van der Waals surface area (Å²) in [6, 6.07) is 2.14. The summed E-state index contributed by atoms with van der Waals surface area (Å²) < 4.78 is 1.92. The van der Waals surface area contributed by atoms with Crippen molar-refractivity contribution in [1.82, 2.24) is 15.1 Å². The first kappa shape index (κ1) is 11.7. The molecule has 1 rings (SSSR count). The zero-order valence-corrected chi connectivity index (χ0v) is 9.67. The Morgan fingerprint density at radius 2 is 2.20 bits per heavy atom. The van der Waals surface area contributed by atoms with Gasteiger partial charge in [0.25, 0.3) is 0 Å². The van der Waals surface area contributed by atoms with Crippen LogP contribution < -0.4 is 5.32 Å². The first-order valence-corrected chi connectivity index (χ1v) is 5.31. The van der Waals surface area contributed by atoms with E-state index >= 15 is 0 Å². The standard InChI is InChI=1S/C11H18N4/c1-4-13-8-11-9(2)14-15(10(11)3)7-5-6-12/h13H,4-5,7-8H2,1-3H3. The number of aryl methyl sites for hydroxylation is 2. The van der Waals surface area contributed by atoms with E-state index in [1.165, 1.54) is 11.3 Å². The van der Waals surface area contributed by atoms with E-state index in [2.05, 4.69) is 30.3 Å². The molecule has 0 saturated heterocycles. The van der Waals surface area contributed by atoms with Crippen molar-refractivity contribution in [2.75, 3.05) is 6.54 Å². The fourth-order valence-electron chi connectivity index (χ4n) is 1.61. The molecule has 0 atom stereocenters. The molecule has 4 heteroatoms. The number of rotatable bonds is 5. The Kier molecular flexibility index (Phi) is 4.32. The Morgan fingerprint density at radius 1 is 1.47 bits per heavy atom. The van der Waals surface area contributed by atoms with Gasteiger partial charge >= 0.3 is 0 Å². The van der Waals surface area contributed by atoms with Crippen molar-refractivity contribution in [3.8, 4) is 6.07 Å². The van der Waals surface area contributed by atoms with E-state index in [0.717, 1.165) is 18.8 Å². The minimum atomic E-state index is 0.516. The lowest BCUT2D eigenvalue weighted by molar-refractivity contribution is 0.603. The number of aromatic nitrogens is 2. The van der Waals surface area contributed by atoms with Crippen molar-refractivity contribution >= 4 is 0 Å². The molecule has 15 heavy (non-hydrogen) atoms. The highest BCUT2D eigenvalue weighted by molar-refractivity contribution is 5.24. The first-order chi connectivity index (χ1) is 7.20. The van der Waals surface area contributed by atoms with E-state index < -0.39 is 0 Å². The van der Waals surface area contributed by atoms with Crippen LogP contribution in [-0.2, 0) is 13.1 Å². The highest BCUT2D eigenvalue weighted by atomic mass is 15.3. The third-order valence-corrected chi connectivity index (χ3v) is 2.52. The molecule has 0 amide bonds. The van der Waals surface area contributed by atoms with Crippen molar-refractivity contribution in [2.24, 2.45) is 0 Å². The summed E-state index contributed by atoms with van der Waals surface area (Å²) in [6.45, 7) is 8.68. The molecule has 0 aliphatic carbocycles. The molecule has 1 heterocycles. The van der Waals surface area contributed by atoms with E-state index in [0.29, 0.717) is 13.0 Å². The van der Waals surface area contributed by atoms with Crippen molar-refractivity contribution in [3.63, 3.8) is 0 Å². The Balaban J connectivity index is 2.79. The van der Waals surface area contributed by atoms with Gasteiger partial charge in [-0.25, -0.2) is 0 Å². The van der Waals surface area contributed by atoms with Crippen molar-refractivity contribution in [2.45, 2.75) is 40.3 Å². The van der Waals surface area contributed by atoms with Crippen LogP contribution in [0.5, 0.6) is 0 Å². The predicted octanol–water partition coefficient (Wildman–Crippen LogP) is 1.52. The fourth-order valence-corrected chi connectivity index (χ4v) is 1.61. The molecule has 1 N–H and O–H groups in total. The van der Waals surface area contributed by atoms with Gasteiger partial charge in [0.1, 0.15) is 0 Å². The molecule has 82 valence electrons. The largest absolute Gasteiger partial charge is 0.313 e. The predicted molar refractivity (Wildman–Crippen MR) is 59.3 cm³/mol. The third kappa shape index (κ3) is 2.80. The van der Waals surface area contributed by atoms with Crippen LogP contribution in [-0.4, -0.2) is 16.3 Å². The second-order valence-electron chi connectivity index (χ2n) is 3.56. The summed E-state index contributed by atoms with van der Waals surface area (Å²) in [7, 11) is 0. The van der Waals surface area contributed by atoms with E-state index in [-0.39, 0.29) is 0 Å². The molecule has 0 fully saturated rings. The van der Waals surface area contributed by atoms with Crippen molar-refractivity contribution < 1.29 is 0 Å². The monoisotopic (exact) mass is 206 g/mol. The zero-order chi connectivity index (χ0) is 11.3. The molecule has 1 aromatic rings. The van der Waals surface area contributed by atoms with Gasteiger partial charge in [-0.3, -0.25) is 4.68 Å². The first-order valence-electron chi connectivity index (χ1n) is 5.31. The molecule has 0 unspecified atom stereocenters. The van der Waals surface area contributed by atoms with Gasteiger partial charge in [-0.05, 0) is 20.4 Å². The number of nitriles is 1. The van der Waals surface area contributed by atoms with Gasteiger partial charge < -0.3 is 5.32 Å². The molecule has 0 radical (unpaired) electrons. The molecule has 0 spiro atoms. The number of hydrogen-bond acceptors (Lipinski definition) is 3. The van der Waals surface area contributed by atoms with E-state index in [9.17, 15) is 0 Å². The van der Waals surface area contributed by atoms with Gasteiger partial charge in [-0.1, -0.05) is 6.92 Å². The van der Waals surface area contributed by atoms with Gasteiger partial charge in [0.15, 0.2) is 0 Å². The summed E-state index contributed by atoms with van der Waals surface area (Å²) in [6.07, 6.45) is 0.516. The van der Waals surface area contributed by atoms with Crippen LogP contribution in [0.4, 0.5) is 0 Å². The maximum Gasteiger partial charge on any atom is 0.0641 e. The Hall–Kier alpha value is -1.34. The number of hydrogen-bond donors (Lipinski definition) is 1. The van der Waals surface area contributed by atoms with E-state index in [1.54, 1.807) is 0 Å². The van der Waals surface area contributed by atoms with Gasteiger partial charge in [0, 0.05) is 17.8 Å². The average molecular weight is 206 g/mol. The second kappa shape index (κ2) is 5.52.